The number of aromatic nitrogens is 1. The summed E-state index contributed by atoms with van der Waals surface area (Å²) in [6.45, 7) is 0. The molecular formula is C9H7F3N2O. The molecule has 0 fully saturated rings. The number of nitriles is 1. The predicted molar refractivity (Wildman–Crippen MR) is 44.8 cm³/mol. The third-order valence-electron chi connectivity index (χ3n) is 1.73. The van der Waals surface area contributed by atoms with Gasteiger partial charge in [-0.1, -0.05) is 0 Å². The molecule has 80 valence electrons. The Bertz CT molecular complexity index is 384. The second kappa shape index (κ2) is 4.28. The van der Waals surface area contributed by atoms with E-state index < -0.39 is 12.3 Å². The van der Waals surface area contributed by atoms with Gasteiger partial charge in [0.2, 0.25) is 0 Å². The van der Waals surface area contributed by atoms with Crippen molar-refractivity contribution in [2.24, 2.45) is 0 Å². The van der Waals surface area contributed by atoms with Gasteiger partial charge in [-0.3, -0.25) is 0 Å². The molecule has 0 bridgehead atoms. The molecule has 0 N–H and O–H groups in total. The molecule has 0 aromatic carbocycles. The van der Waals surface area contributed by atoms with Crippen LogP contribution in [0.15, 0.2) is 18.3 Å². The second-order valence-corrected chi connectivity index (χ2v) is 2.74. The van der Waals surface area contributed by atoms with Gasteiger partial charge in [-0.15, -0.1) is 0 Å². The molecular weight excluding hydrogens is 209 g/mol. The lowest BCUT2D eigenvalue weighted by Gasteiger charge is -2.18. The minimum atomic E-state index is -4.50. The molecule has 0 saturated heterocycles. The van der Waals surface area contributed by atoms with Crippen molar-refractivity contribution in [1.29, 1.82) is 5.26 Å². The van der Waals surface area contributed by atoms with Crippen LogP contribution in [0.2, 0.25) is 0 Å². The normalized spacial score (nSPS) is 13.3. The summed E-state index contributed by atoms with van der Waals surface area (Å²) in [6.07, 6.45) is -5.37. The zero-order valence-electron chi connectivity index (χ0n) is 7.75. The zero-order chi connectivity index (χ0) is 11.5. The molecule has 0 aliphatic carbocycles. The van der Waals surface area contributed by atoms with E-state index in [-0.39, 0.29) is 11.3 Å². The average Bonchev–Trinajstić information content (AvgIpc) is 2.17. The number of pyridine rings is 1. The molecule has 0 radical (unpaired) electrons. The Balaban J connectivity index is 3.09. The Hall–Kier alpha value is -1.61. The van der Waals surface area contributed by atoms with Crippen LogP contribution in [0.1, 0.15) is 17.4 Å². The van der Waals surface area contributed by atoms with Crippen LogP contribution in [-0.2, 0) is 4.74 Å². The summed E-state index contributed by atoms with van der Waals surface area (Å²) in [6, 6.07) is 3.89. The van der Waals surface area contributed by atoms with Crippen LogP contribution in [0.5, 0.6) is 0 Å². The molecule has 0 aliphatic heterocycles. The third kappa shape index (κ3) is 2.67. The van der Waals surface area contributed by atoms with Crippen LogP contribution in [0.4, 0.5) is 13.2 Å². The third-order valence-corrected chi connectivity index (χ3v) is 1.73. The number of hydrogen-bond acceptors (Lipinski definition) is 3. The van der Waals surface area contributed by atoms with Crippen LogP contribution in [0.25, 0.3) is 0 Å². The quantitative estimate of drug-likeness (QED) is 0.761. The maximum Gasteiger partial charge on any atom is 0.418 e. The van der Waals surface area contributed by atoms with Gasteiger partial charge in [0.05, 0.1) is 0 Å². The van der Waals surface area contributed by atoms with E-state index in [0.29, 0.717) is 0 Å². The van der Waals surface area contributed by atoms with Gasteiger partial charge in [-0.05, 0) is 17.7 Å². The number of hydrogen-bond donors (Lipinski definition) is 0. The van der Waals surface area contributed by atoms with E-state index in [1.807, 2.05) is 0 Å². The number of halogens is 3. The summed E-state index contributed by atoms with van der Waals surface area (Å²) >= 11 is 0. The number of methoxy groups -OCH3 is 1. The van der Waals surface area contributed by atoms with E-state index in [2.05, 4.69) is 9.72 Å². The average molecular weight is 216 g/mol. The standard InChI is InChI=1S/C9H7F3N2O/c1-15-8(9(10,11)12)6-2-3-14-7(4-6)5-13/h2-4,8H,1H3. The molecule has 1 atom stereocenters. The highest BCUT2D eigenvalue weighted by atomic mass is 19.4. The fourth-order valence-corrected chi connectivity index (χ4v) is 1.13. The van der Waals surface area contributed by atoms with Gasteiger partial charge in [-0.2, -0.15) is 18.4 Å². The van der Waals surface area contributed by atoms with Crippen molar-refractivity contribution in [3.8, 4) is 6.07 Å². The first-order valence-electron chi connectivity index (χ1n) is 3.94. The fourth-order valence-electron chi connectivity index (χ4n) is 1.13. The van der Waals surface area contributed by atoms with Crippen molar-refractivity contribution >= 4 is 0 Å². The minimum Gasteiger partial charge on any atom is -0.367 e. The van der Waals surface area contributed by atoms with Crippen LogP contribution in [0, 0.1) is 11.3 Å². The molecule has 0 amide bonds. The highest BCUT2D eigenvalue weighted by molar-refractivity contribution is 5.27. The SMILES string of the molecule is COC(c1ccnc(C#N)c1)C(F)(F)F. The van der Waals surface area contributed by atoms with Gasteiger partial charge >= 0.3 is 6.18 Å². The lowest BCUT2D eigenvalue weighted by atomic mass is 10.1. The lowest BCUT2D eigenvalue weighted by Crippen LogP contribution is -2.22. The number of alkyl halides is 3. The maximum atomic E-state index is 12.4. The van der Waals surface area contributed by atoms with Crippen molar-refractivity contribution in [2.45, 2.75) is 12.3 Å². The first-order valence-corrected chi connectivity index (χ1v) is 3.94. The van der Waals surface area contributed by atoms with E-state index in [9.17, 15) is 13.2 Å². The van der Waals surface area contributed by atoms with E-state index in [1.54, 1.807) is 6.07 Å². The van der Waals surface area contributed by atoms with Crippen LogP contribution >= 0.6 is 0 Å². The van der Waals surface area contributed by atoms with Gasteiger partial charge in [0.15, 0.2) is 6.10 Å². The van der Waals surface area contributed by atoms with E-state index in [4.69, 9.17) is 5.26 Å². The van der Waals surface area contributed by atoms with Crippen molar-refractivity contribution in [2.75, 3.05) is 7.11 Å². The molecule has 1 rings (SSSR count). The van der Waals surface area contributed by atoms with Crippen LogP contribution in [-0.4, -0.2) is 18.3 Å². The number of nitrogens with zero attached hydrogens (tertiary/aromatic N) is 2. The molecule has 6 heteroatoms. The van der Waals surface area contributed by atoms with E-state index in [1.165, 1.54) is 6.07 Å². The first kappa shape index (κ1) is 11.5. The van der Waals surface area contributed by atoms with Crippen molar-refractivity contribution in [1.82, 2.24) is 4.98 Å². The molecule has 1 unspecified atom stereocenters. The fraction of sp³-hybridized carbons (Fsp3) is 0.333. The summed E-state index contributed by atoms with van der Waals surface area (Å²) < 4.78 is 41.6. The van der Waals surface area contributed by atoms with Crippen LogP contribution < -0.4 is 0 Å². The van der Waals surface area contributed by atoms with Gasteiger partial charge in [0.25, 0.3) is 0 Å². The molecule has 1 aromatic rings. The summed E-state index contributed by atoms with van der Waals surface area (Å²) in [5, 5.41) is 8.48. The zero-order valence-corrected chi connectivity index (χ0v) is 7.75. The molecule has 1 aromatic heterocycles. The smallest absolute Gasteiger partial charge is 0.367 e. The Morgan fingerprint density at radius 2 is 2.20 bits per heavy atom. The van der Waals surface area contributed by atoms with Crippen molar-refractivity contribution in [3.63, 3.8) is 0 Å². The lowest BCUT2D eigenvalue weighted by molar-refractivity contribution is -0.216. The Labute approximate surface area is 84.1 Å². The monoisotopic (exact) mass is 216 g/mol. The van der Waals surface area contributed by atoms with E-state index in [0.717, 1.165) is 19.4 Å². The summed E-state index contributed by atoms with van der Waals surface area (Å²) in [7, 11) is 0.963. The minimum absolute atomic E-state index is 0.0706. The summed E-state index contributed by atoms with van der Waals surface area (Å²) in [5.74, 6) is 0. The Morgan fingerprint density at radius 1 is 1.53 bits per heavy atom. The summed E-state index contributed by atoms with van der Waals surface area (Å²) in [4.78, 5) is 3.57. The molecule has 15 heavy (non-hydrogen) atoms. The van der Waals surface area contributed by atoms with Gasteiger partial charge in [0.1, 0.15) is 11.8 Å². The topological polar surface area (TPSA) is 45.9 Å². The maximum absolute atomic E-state index is 12.4. The summed E-state index contributed by atoms with van der Waals surface area (Å²) in [5.41, 5.74) is -0.199. The molecule has 0 aliphatic rings. The highest BCUT2D eigenvalue weighted by Gasteiger charge is 2.41. The van der Waals surface area contributed by atoms with Gasteiger partial charge < -0.3 is 4.74 Å². The van der Waals surface area contributed by atoms with Crippen molar-refractivity contribution < 1.29 is 17.9 Å². The number of rotatable bonds is 2. The van der Waals surface area contributed by atoms with Gasteiger partial charge in [-0.25, -0.2) is 4.98 Å². The molecule has 0 spiro atoms. The van der Waals surface area contributed by atoms with Crippen molar-refractivity contribution in [3.05, 3.63) is 29.6 Å². The Morgan fingerprint density at radius 3 is 2.67 bits per heavy atom. The largest absolute Gasteiger partial charge is 0.418 e. The molecule has 1 heterocycles. The van der Waals surface area contributed by atoms with Crippen LogP contribution in [0.3, 0.4) is 0 Å². The van der Waals surface area contributed by atoms with E-state index >= 15 is 0 Å². The van der Waals surface area contributed by atoms with Gasteiger partial charge in [0, 0.05) is 13.3 Å². The Kier molecular flexibility index (Phi) is 3.27. The second-order valence-electron chi connectivity index (χ2n) is 2.74. The predicted octanol–water partition coefficient (Wildman–Crippen LogP) is 2.20. The first-order chi connectivity index (χ1) is 6.99. The molecule has 3 nitrogen and oxygen atoms in total. The number of ether oxygens (including phenoxy) is 1. The molecule has 0 saturated carbocycles. The highest BCUT2D eigenvalue weighted by Crippen LogP contribution is 2.35.